The molecule has 4 heteroatoms. The number of likely N-dealkylation sites (N-methyl/N-ethyl adjacent to an activating group) is 1. The Hall–Kier alpha value is -0.190. The zero-order valence-corrected chi connectivity index (χ0v) is 10.3. The average molecular weight is 228 g/mol. The van der Waals surface area contributed by atoms with Crippen molar-refractivity contribution in [1.82, 2.24) is 9.80 Å². The molecule has 3 atom stereocenters. The Kier molecular flexibility index (Phi) is 3.59. The normalized spacial score (nSPS) is 34.7. The molecule has 0 unspecified atom stereocenters. The van der Waals surface area contributed by atoms with E-state index in [4.69, 9.17) is 0 Å². The molecular weight excluding hydrogens is 208 g/mol. The summed E-state index contributed by atoms with van der Waals surface area (Å²) >= 11 is 1.88. The summed E-state index contributed by atoms with van der Waals surface area (Å²) in [7, 11) is 2.12. The van der Waals surface area contributed by atoms with Crippen molar-refractivity contribution in [2.75, 3.05) is 20.1 Å². The average Bonchev–Trinajstić information content (AvgIpc) is 2.63. The lowest BCUT2D eigenvalue weighted by atomic mass is 10.1. The molecule has 0 aromatic carbocycles. The molecule has 1 saturated heterocycles. The van der Waals surface area contributed by atoms with Crippen molar-refractivity contribution in [3.8, 4) is 0 Å². The van der Waals surface area contributed by atoms with Gasteiger partial charge in [-0.1, -0.05) is 0 Å². The number of hydrogen-bond donors (Lipinski definition) is 1. The van der Waals surface area contributed by atoms with E-state index in [0.29, 0.717) is 11.4 Å². The predicted octanol–water partition coefficient (Wildman–Crippen LogP) is 1.31. The first-order valence-corrected chi connectivity index (χ1v) is 6.59. The van der Waals surface area contributed by atoms with Crippen molar-refractivity contribution >= 4 is 11.8 Å². The molecule has 0 radical (unpaired) electrons. The minimum Gasteiger partial charge on any atom is -0.392 e. The number of piperidine rings is 1. The lowest BCUT2D eigenvalue weighted by Gasteiger charge is -2.39. The summed E-state index contributed by atoms with van der Waals surface area (Å²) in [6.07, 6.45) is 4.10. The highest BCUT2D eigenvalue weighted by Gasteiger charge is 2.30. The molecule has 86 valence electrons. The van der Waals surface area contributed by atoms with Gasteiger partial charge in [0.1, 0.15) is 0 Å². The van der Waals surface area contributed by atoms with Crippen LogP contribution in [0.1, 0.15) is 19.8 Å². The van der Waals surface area contributed by atoms with E-state index in [0.717, 1.165) is 25.9 Å². The first-order chi connectivity index (χ1) is 7.18. The van der Waals surface area contributed by atoms with Crippen LogP contribution in [0.5, 0.6) is 0 Å². The van der Waals surface area contributed by atoms with Crippen LogP contribution in [0.4, 0.5) is 0 Å². The zero-order chi connectivity index (χ0) is 10.8. The van der Waals surface area contributed by atoms with E-state index in [9.17, 15) is 5.11 Å². The van der Waals surface area contributed by atoms with E-state index in [1.54, 1.807) is 0 Å². The van der Waals surface area contributed by atoms with Gasteiger partial charge in [-0.25, -0.2) is 0 Å². The number of aliphatic hydroxyl groups is 1. The number of β-amino-alcohol motifs (C(OH)–C–C–N with tert-alkyl or cyclic N) is 1. The molecule has 0 aromatic rings. The lowest BCUT2D eigenvalue weighted by Crippen LogP contribution is -2.50. The third kappa shape index (κ3) is 2.49. The summed E-state index contributed by atoms with van der Waals surface area (Å²) in [5, 5.41) is 12.3. The third-order valence-corrected chi connectivity index (χ3v) is 4.62. The monoisotopic (exact) mass is 228 g/mol. The molecule has 15 heavy (non-hydrogen) atoms. The number of likely N-dealkylation sites (tertiary alicyclic amines) is 1. The lowest BCUT2D eigenvalue weighted by molar-refractivity contribution is 0.0421. The standard InChI is InChI=1S/C11H20N2OS/c1-9(11-12(2)6-7-15-11)13-5-3-4-10(14)8-13/h6-7,9-11,14H,3-5,8H2,1-2H3/t9-,10-,11+/m1/s1. The number of rotatable bonds is 2. The molecule has 0 bridgehead atoms. The largest absolute Gasteiger partial charge is 0.392 e. The fourth-order valence-corrected chi connectivity index (χ4v) is 3.47. The van der Waals surface area contributed by atoms with Crippen molar-refractivity contribution in [3.05, 3.63) is 11.6 Å². The predicted molar refractivity (Wildman–Crippen MR) is 64.6 cm³/mol. The molecular formula is C11H20N2OS. The molecule has 1 fully saturated rings. The number of thioether (sulfide) groups is 1. The van der Waals surface area contributed by atoms with Crippen LogP contribution in [0.15, 0.2) is 11.6 Å². The van der Waals surface area contributed by atoms with Gasteiger partial charge in [0, 0.05) is 25.8 Å². The van der Waals surface area contributed by atoms with Crippen LogP contribution < -0.4 is 0 Å². The SMILES string of the molecule is C[C@H]([C@@H]1SC=CN1C)N1CCC[C@@H](O)C1. The van der Waals surface area contributed by atoms with E-state index in [1.807, 2.05) is 11.8 Å². The van der Waals surface area contributed by atoms with Crippen molar-refractivity contribution in [2.24, 2.45) is 0 Å². The summed E-state index contributed by atoms with van der Waals surface area (Å²) in [6.45, 7) is 4.23. The molecule has 2 heterocycles. The minimum absolute atomic E-state index is 0.120. The zero-order valence-electron chi connectivity index (χ0n) is 9.47. The van der Waals surface area contributed by atoms with Gasteiger partial charge in [-0.2, -0.15) is 0 Å². The summed E-state index contributed by atoms with van der Waals surface area (Å²) < 4.78 is 0. The molecule has 2 rings (SSSR count). The molecule has 1 N–H and O–H groups in total. The second kappa shape index (κ2) is 4.76. The number of aliphatic hydroxyl groups excluding tert-OH is 1. The summed E-state index contributed by atoms with van der Waals surface area (Å²) in [6, 6.07) is 0.505. The van der Waals surface area contributed by atoms with Crippen molar-refractivity contribution < 1.29 is 5.11 Å². The van der Waals surface area contributed by atoms with E-state index in [2.05, 4.69) is 35.4 Å². The molecule has 0 spiro atoms. The molecule has 0 aliphatic carbocycles. The quantitative estimate of drug-likeness (QED) is 0.771. The topological polar surface area (TPSA) is 26.7 Å². The Balaban J connectivity index is 1.92. The van der Waals surface area contributed by atoms with Gasteiger partial charge in [-0.3, -0.25) is 4.90 Å². The van der Waals surface area contributed by atoms with Crippen LogP contribution in [0, 0.1) is 0 Å². The molecule has 2 aliphatic rings. The fraction of sp³-hybridized carbons (Fsp3) is 0.818. The highest BCUT2D eigenvalue weighted by molar-refractivity contribution is 8.02. The second-order valence-corrected chi connectivity index (χ2v) is 5.54. The Morgan fingerprint density at radius 2 is 2.33 bits per heavy atom. The van der Waals surface area contributed by atoms with Crippen molar-refractivity contribution in [3.63, 3.8) is 0 Å². The van der Waals surface area contributed by atoms with Gasteiger partial charge < -0.3 is 10.0 Å². The number of hydrogen-bond acceptors (Lipinski definition) is 4. The van der Waals surface area contributed by atoms with Gasteiger partial charge in [0.2, 0.25) is 0 Å². The van der Waals surface area contributed by atoms with Gasteiger partial charge >= 0.3 is 0 Å². The van der Waals surface area contributed by atoms with E-state index in [1.165, 1.54) is 0 Å². The summed E-state index contributed by atoms with van der Waals surface area (Å²) in [4.78, 5) is 4.67. The molecule has 0 amide bonds. The second-order valence-electron chi connectivity index (χ2n) is 4.51. The molecule has 0 saturated carbocycles. The maximum absolute atomic E-state index is 9.66. The minimum atomic E-state index is -0.120. The third-order valence-electron chi connectivity index (χ3n) is 3.33. The Morgan fingerprint density at radius 3 is 2.93 bits per heavy atom. The first-order valence-electron chi connectivity index (χ1n) is 5.64. The maximum Gasteiger partial charge on any atom is 0.0935 e. The molecule has 3 nitrogen and oxygen atoms in total. The van der Waals surface area contributed by atoms with Crippen LogP contribution in [-0.4, -0.2) is 52.6 Å². The molecule has 2 aliphatic heterocycles. The smallest absolute Gasteiger partial charge is 0.0935 e. The van der Waals surface area contributed by atoms with Crippen LogP contribution in [0.25, 0.3) is 0 Å². The van der Waals surface area contributed by atoms with Gasteiger partial charge in [0.25, 0.3) is 0 Å². The fourth-order valence-electron chi connectivity index (χ4n) is 2.38. The summed E-state index contributed by atoms with van der Waals surface area (Å²) in [5.74, 6) is 0. The van der Waals surface area contributed by atoms with Crippen LogP contribution in [0.3, 0.4) is 0 Å². The summed E-state index contributed by atoms with van der Waals surface area (Å²) in [5.41, 5.74) is 0. The Labute approximate surface area is 96.1 Å². The maximum atomic E-state index is 9.66. The Bertz CT molecular complexity index is 247. The highest BCUT2D eigenvalue weighted by Crippen LogP contribution is 2.29. The van der Waals surface area contributed by atoms with E-state index < -0.39 is 0 Å². The van der Waals surface area contributed by atoms with Crippen molar-refractivity contribution in [1.29, 1.82) is 0 Å². The molecule has 0 aromatic heterocycles. The Morgan fingerprint density at radius 1 is 1.53 bits per heavy atom. The van der Waals surface area contributed by atoms with Gasteiger partial charge in [-0.05, 0) is 31.7 Å². The van der Waals surface area contributed by atoms with Crippen LogP contribution in [0.2, 0.25) is 0 Å². The van der Waals surface area contributed by atoms with Gasteiger partial charge in [0.15, 0.2) is 0 Å². The van der Waals surface area contributed by atoms with E-state index >= 15 is 0 Å². The van der Waals surface area contributed by atoms with Crippen LogP contribution >= 0.6 is 11.8 Å². The van der Waals surface area contributed by atoms with E-state index in [-0.39, 0.29) is 6.10 Å². The number of nitrogens with zero attached hydrogens (tertiary/aromatic N) is 2. The highest BCUT2D eigenvalue weighted by atomic mass is 32.2. The van der Waals surface area contributed by atoms with Gasteiger partial charge in [-0.15, -0.1) is 11.8 Å². The van der Waals surface area contributed by atoms with Crippen LogP contribution in [-0.2, 0) is 0 Å². The van der Waals surface area contributed by atoms with Crippen molar-refractivity contribution in [2.45, 2.75) is 37.3 Å². The first kappa shape index (κ1) is 11.3. The van der Waals surface area contributed by atoms with Gasteiger partial charge in [0.05, 0.1) is 11.5 Å².